The van der Waals surface area contributed by atoms with Crippen molar-refractivity contribution in [3.8, 4) is 0 Å². The van der Waals surface area contributed by atoms with Crippen molar-refractivity contribution in [3.05, 3.63) is 94.2 Å². The summed E-state index contributed by atoms with van der Waals surface area (Å²) < 4.78 is 5.71. The lowest BCUT2D eigenvalue weighted by Crippen LogP contribution is -2.31. The molecule has 3 rings (SSSR count). The molecule has 3 aromatic rings. The van der Waals surface area contributed by atoms with E-state index < -0.39 is 18.2 Å². The van der Waals surface area contributed by atoms with Gasteiger partial charge in [-0.2, -0.15) is 0 Å². The van der Waals surface area contributed by atoms with E-state index in [2.05, 4.69) is 0 Å². The van der Waals surface area contributed by atoms with Crippen molar-refractivity contribution in [2.45, 2.75) is 19.1 Å². The second kappa shape index (κ2) is 9.71. The van der Waals surface area contributed by atoms with Crippen LogP contribution in [0.15, 0.2) is 78.2 Å². The zero-order valence-corrected chi connectivity index (χ0v) is 16.0. The lowest BCUT2D eigenvalue weighted by Gasteiger charge is -2.23. The molecule has 1 amide bonds. The summed E-state index contributed by atoms with van der Waals surface area (Å²) in [7, 11) is 0. The van der Waals surface area contributed by atoms with Crippen molar-refractivity contribution >= 4 is 23.4 Å². The minimum absolute atomic E-state index is 0.259. The van der Waals surface area contributed by atoms with Crippen LogP contribution in [-0.4, -0.2) is 28.6 Å². The molecule has 144 valence electrons. The number of nitrogens with zero attached hydrogens (tertiary/aromatic N) is 1. The molecule has 28 heavy (non-hydrogen) atoms. The van der Waals surface area contributed by atoms with Crippen LogP contribution in [0.2, 0.25) is 0 Å². The van der Waals surface area contributed by atoms with Gasteiger partial charge in [-0.25, -0.2) is 9.59 Å². The molecule has 0 saturated carbocycles. The Kier molecular flexibility index (Phi) is 6.81. The van der Waals surface area contributed by atoms with Gasteiger partial charge in [0.05, 0.1) is 5.56 Å². The first-order valence-corrected chi connectivity index (χ1v) is 9.82. The highest BCUT2D eigenvalue weighted by molar-refractivity contribution is 7.10. The lowest BCUT2D eigenvalue weighted by molar-refractivity contribution is 0.0261. The van der Waals surface area contributed by atoms with Gasteiger partial charge in [-0.15, -0.1) is 11.3 Å². The highest BCUT2D eigenvalue weighted by atomic mass is 32.1. The van der Waals surface area contributed by atoms with Gasteiger partial charge in [0.2, 0.25) is 0 Å². The average Bonchev–Trinajstić information content (AvgIpc) is 3.26. The van der Waals surface area contributed by atoms with E-state index in [1.165, 1.54) is 16.2 Å². The number of carboxylic acid groups (broad SMARTS) is 1. The van der Waals surface area contributed by atoms with Crippen LogP contribution in [0.25, 0.3) is 0 Å². The fourth-order valence-corrected chi connectivity index (χ4v) is 3.61. The quantitative estimate of drug-likeness (QED) is 0.531. The molecule has 0 aliphatic carbocycles. The predicted octanol–water partition coefficient (Wildman–Crippen LogP) is 5.22. The second-order valence-electron chi connectivity index (χ2n) is 6.25. The van der Waals surface area contributed by atoms with Gasteiger partial charge in [-0.05, 0) is 29.1 Å². The van der Waals surface area contributed by atoms with Crippen molar-refractivity contribution in [1.29, 1.82) is 0 Å². The van der Waals surface area contributed by atoms with Gasteiger partial charge in [0.15, 0.2) is 0 Å². The maximum Gasteiger partial charge on any atom is 0.407 e. The Labute approximate surface area is 167 Å². The molecule has 0 saturated heterocycles. The molecule has 6 heteroatoms. The smallest absolute Gasteiger partial charge is 0.407 e. The molecule has 0 aliphatic heterocycles. The number of carbonyl (C=O) groups excluding carboxylic acids is 1. The van der Waals surface area contributed by atoms with Crippen molar-refractivity contribution < 1.29 is 19.4 Å². The number of amides is 1. The van der Waals surface area contributed by atoms with Crippen molar-refractivity contribution in [3.63, 3.8) is 0 Å². The fraction of sp³-hybridized carbons (Fsp3) is 0.182. The normalized spacial score (nSPS) is 11.6. The minimum Gasteiger partial charge on any atom is -0.465 e. The monoisotopic (exact) mass is 395 g/mol. The summed E-state index contributed by atoms with van der Waals surface area (Å²) in [4.78, 5) is 26.4. The van der Waals surface area contributed by atoms with Crippen LogP contribution in [0.3, 0.4) is 0 Å². The molecule has 2 aromatic carbocycles. The van der Waals surface area contributed by atoms with Crippen LogP contribution in [0.1, 0.15) is 33.3 Å². The number of thiophene rings is 1. The summed E-state index contributed by atoms with van der Waals surface area (Å²) in [5.41, 5.74) is 1.39. The third kappa shape index (κ3) is 5.44. The second-order valence-corrected chi connectivity index (χ2v) is 7.23. The number of benzene rings is 2. The Balaban J connectivity index is 1.68. The molecule has 0 aliphatic rings. The summed E-state index contributed by atoms with van der Waals surface area (Å²) >= 11 is 1.49. The number of rotatable bonds is 8. The minimum atomic E-state index is -0.997. The zero-order valence-electron chi connectivity index (χ0n) is 15.2. The third-order valence-corrected chi connectivity index (χ3v) is 5.23. The summed E-state index contributed by atoms with van der Waals surface area (Å²) in [5, 5.41) is 11.5. The van der Waals surface area contributed by atoms with Gasteiger partial charge in [0.1, 0.15) is 6.10 Å². The first kappa shape index (κ1) is 19.6. The van der Waals surface area contributed by atoms with E-state index in [4.69, 9.17) is 4.74 Å². The number of hydrogen-bond acceptors (Lipinski definition) is 4. The summed E-state index contributed by atoms with van der Waals surface area (Å²) in [6.45, 7) is 0.550. The Morgan fingerprint density at radius 3 is 2.25 bits per heavy atom. The SMILES string of the molecule is O=C(O[C@@H](CCN(Cc1ccccc1)C(=O)O)c1cccs1)c1ccccc1. The van der Waals surface area contributed by atoms with Crippen LogP contribution in [-0.2, 0) is 11.3 Å². The van der Waals surface area contributed by atoms with E-state index in [0.717, 1.165) is 10.4 Å². The molecule has 5 nitrogen and oxygen atoms in total. The molecular formula is C22H21NO4S. The predicted molar refractivity (Wildman–Crippen MR) is 108 cm³/mol. The fourth-order valence-electron chi connectivity index (χ4n) is 2.82. The highest BCUT2D eigenvalue weighted by Gasteiger charge is 2.22. The molecule has 0 spiro atoms. The van der Waals surface area contributed by atoms with Gasteiger partial charge in [-0.1, -0.05) is 54.6 Å². The van der Waals surface area contributed by atoms with Crippen LogP contribution in [0.5, 0.6) is 0 Å². The highest BCUT2D eigenvalue weighted by Crippen LogP contribution is 2.27. The molecule has 1 heterocycles. The first-order chi connectivity index (χ1) is 13.6. The standard InChI is InChI=1S/C22H21NO4S/c24-21(18-10-5-2-6-11-18)27-19(20-12-7-15-28-20)13-14-23(22(25)26)16-17-8-3-1-4-9-17/h1-12,15,19H,13-14,16H2,(H,25,26)/t19-/m0/s1. The van der Waals surface area contributed by atoms with Crippen LogP contribution >= 0.6 is 11.3 Å². The molecule has 0 unspecified atom stereocenters. The van der Waals surface area contributed by atoms with Crippen LogP contribution in [0, 0.1) is 0 Å². The van der Waals surface area contributed by atoms with Crippen molar-refractivity contribution in [1.82, 2.24) is 4.90 Å². The molecule has 1 N–H and O–H groups in total. The van der Waals surface area contributed by atoms with Crippen molar-refractivity contribution in [2.75, 3.05) is 6.54 Å². The number of ether oxygens (including phenoxy) is 1. The molecular weight excluding hydrogens is 374 g/mol. The molecule has 1 aromatic heterocycles. The summed E-state index contributed by atoms with van der Waals surface area (Å²) in [6, 6.07) is 22.0. The Bertz CT molecular complexity index is 881. The number of hydrogen-bond donors (Lipinski definition) is 1. The van der Waals surface area contributed by atoms with E-state index in [9.17, 15) is 14.7 Å². The third-order valence-electron chi connectivity index (χ3n) is 4.27. The van der Waals surface area contributed by atoms with E-state index in [1.807, 2.05) is 53.9 Å². The van der Waals surface area contributed by atoms with Crippen LogP contribution < -0.4 is 0 Å². The van der Waals surface area contributed by atoms with E-state index in [1.54, 1.807) is 24.3 Å². The van der Waals surface area contributed by atoms with E-state index >= 15 is 0 Å². The molecule has 0 radical (unpaired) electrons. The Morgan fingerprint density at radius 1 is 0.964 bits per heavy atom. The van der Waals surface area contributed by atoms with E-state index in [0.29, 0.717) is 18.5 Å². The number of esters is 1. The van der Waals surface area contributed by atoms with Crippen molar-refractivity contribution in [2.24, 2.45) is 0 Å². The average molecular weight is 395 g/mol. The number of carbonyl (C=O) groups is 2. The molecule has 0 bridgehead atoms. The lowest BCUT2D eigenvalue weighted by atomic mass is 10.1. The Morgan fingerprint density at radius 2 is 1.64 bits per heavy atom. The first-order valence-electron chi connectivity index (χ1n) is 8.94. The summed E-state index contributed by atoms with van der Waals surface area (Å²) in [6.07, 6.45) is -1.11. The largest absolute Gasteiger partial charge is 0.465 e. The maximum absolute atomic E-state index is 12.5. The van der Waals surface area contributed by atoms with Gasteiger partial charge in [-0.3, -0.25) is 0 Å². The van der Waals surface area contributed by atoms with Crippen LogP contribution in [0.4, 0.5) is 4.79 Å². The van der Waals surface area contributed by atoms with Gasteiger partial charge in [0.25, 0.3) is 0 Å². The molecule has 0 fully saturated rings. The van der Waals surface area contributed by atoms with Gasteiger partial charge < -0.3 is 14.7 Å². The topological polar surface area (TPSA) is 66.8 Å². The van der Waals surface area contributed by atoms with Gasteiger partial charge in [0, 0.05) is 24.4 Å². The zero-order chi connectivity index (χ0) is 19.8. The molecule has 1 atom stereocenters. The van der Waals surface area contributed by atoms with E-state index in [-0.39, 0.29) is 6.54 Å². The van der Waals surface area contributed by atoms with Gasteiger partial charge >= 0.3 is 12.1 Å². The maximum atomic E-state index is 12.5. The summed E-state index contributed by atoms with van der Waals surface area (Å²) in [5.74, 6) is -0.413. The Hall–Kier alpha value is -3.12.